The first-order chi connectivity index (χ1) is 7.50. The molecule has 1 aromatic rings. The molecule has 0 aromatic heterocycles. The van der Waals surface area contributed by atoms with Gasteiger partial charge in [0.2, 0.25) is 5.91 Å². The largest absolute Gasteiger partial charge is 0.480 e. The minimum absolute atomic E-state index is 0.192. The Morgan fingerprint density at radius 2 is 1.88 bits per heavy atom. The summed E-state index contributed by atoms with van der Waals surface area (Å²) < 4.78 is 0. The van der Waals surface area contributed by atoms with Gasteiger partial charge in [0, 0.05) is 11.1 Å². The van der Waals surface area contributed by atoms with Crippen molar-refractivity contribution in [1.29, 1.82) is 0 Å². The van der Waals surface area contributed by atoms with E-state index in [1.807, 2.05) is 0 Å². The molecule has 0 unspecified atom stereocenters. The number of carboxylic acid groups (broad SMARTS) is 1. The van der Waals surface area contributed by atoms with Crippen molar-refractivity contribution < 1.29 is 19.5 Å². The number of nitrogens with one attached hydrogen (secondary N) is 1. The molecule has 0 saturated carbocycles. The van der Waals surface area contributed by atoms with Crippen molar-refractivity contribution in [3.05, 3.63) is 35.4 Å². The van der Waals surface area contributed by atoms with Crippen molar-refractivity contribution in [1.82, 2.24) is 5.32 Å². The number of carbonyl (C=O) groups excluding carboxylic acids is 2. The summed E-state index contributed by atoms with van der Waals surface area (Å²) in [5.74, 6) is -2.35. The summed E-state index contributed by atoms with van der Waals surface area (Å²) in [5.41, 5.74) is 5.43. The Kier molecular flexibility index (Phi) is 3.60. The van der Waals surface area contributed by atoms with Crippen LogP contribution in [0.5, 0.6) is 0 Å². The molecule has 0 heterocycles. The molecule has 1 aromatic carbocycles. The molecule has 6 heteroatoms. The number of benzene rings is 1. The fraction of sp³-hybridized carbons (Fsp3) is 0.100. The van der Waals surface area contributed by atoms with Crippen LogP contribution >= 0.6 is 0 Å². The van der Waals surface area contributed by atoms with E-state index in [2.05, 4.69) is 5.32 Å². The van der Waals surface area contributed by atoms with Crippen LogP contribution in [0.1, 0.15) is 20.7 Å². The predicted octanol–water partition coefficient (Wildman–Crippen LogP) is -0.400. The van der Waals surface area contributed by atoms with Crippen molar-refractivity contribution in [3.63, 3.8) is 0 Å². The van der Waals surface area contributed by atoms with Gasteiger partial charge >= 0.3 is 5.97 Å². The Labute approximate surface area is 91.1 Å². The van der Waals surface area contributed by atoms with Crippen LogP contribution in [-0.2, 0) is 4.79 Å². The lowest BCUT2D eigenvalue weighted by Crippen LogP contribution is -2.29. The van der Waals surface area contributed by atoms with E-state index in [1.165, 1.54) is 24.3 Å². The standard InChI is InChI=1S/C10H10N2O4/c11-9(15)6-2-1-3-7(4-6)10(16)12-5-8(13)14/h1-4H,5H2,(H2,11,15)(H,12,16)(H,13,14). The average molecular weight is 222 g/mol. The molecule has 0 aliphatic heterocycles. The van der Waals surface area contributed by atoms with E-state index < -0.39 is 24.3 Å². The second-order valence-corrected chi connectivity index (χ2v) is 3.02. The molecule has 0 saturated heterocycles. The van der Waals surface area contributed by atoms with Gasteiger partial charge in [-0.3, -0.25) is 14.4 Å². The van der Waals surface area contributed by atoms with Crippen LogP contribution in [0.25, 0.3) is 0 Å². The fourth-order valence-electron chi connectivity index (χ4n) is 1.07. The summed E-state index contributed by atoms with van der Waals surface area (Å²) >= 11 is 0. The van der Waals surface area contributed by atoms with E-state index in [4.69, 9.17) is 10.8 Å². The van der Waals surface area contributed by atoms with E-state index in [0.29, 0.717) is 0 Å². The molecule has 0 radical (unpaired) electrons. The SMILES string of the molecule is NC(=O)c1cccc(C(=O)NCC(=O)O)c1. The first-order valence-electron chi connectivity index (χ1n) is 4.40. The maximum absolute atomic E-state index is 11.4. The molecular formula is C10H10N2O4. The molecule has 0 spiro atoms. The highest BCUT2D eigenvalue weighted by Crippen LogP contribution is 2.04. The minimum Gasteiger partial charge on any atom is -0.480 e. The number of aliphatic carboxylic acids is 1. The van der Waals surface area contributed by atoms with Crippen LogP contribution in [0.4, 0.5) is 0 Å². The van der Waals surface area contributed by atoms with Crippen molar-refractivity contribution in [2.45, 2.75) is 0 Å². The van der Waals surface area contributed by atoms with Crippen LogP contribution in [0.15, 0.2) is 24.3 Å². The number of primary amides is 1. The number of hydrogen-bond acceptors (Lipinski definition) is 3. The molecule has 0 bridgehead atoms. The van der Waals surface area contributed by atoms with Gasteiger partial charge in [0.15, 0.2) is 0 Å². The number of carbonyl (C=O) groups is 3. The van der Waals surface area contributed by atoms with E-state index in [9.17, 15) is 14.4 Å². The van der Waals surface area contributed by atoms with E-state index in [-0.39, 0.29) is 11.1 Å². The Hall–Kier alpha value is -2.37. The van der Waals surface area contributed by atoms with Crippen molar-refractivity contribution in [2.24, 2.45) is 5.73 Å². The van der Waals surface area contributed by atoms with Crippen LogP contribution in [0, 0.1) is 0 Å². The molecule has 4 N–H and O–H groups in total. The second-order valence-electron chi connectivity index (χ2n) is 3.02. The number of carboxylic acids is 1. The zero-order valence-corrected chi connectivity index (χ0v) is 8.27. The van der Waals surface area contributed by atoms with Crippen LogP contribution in [-0.4, -0.2) is 29.4 Å². The van der Waals surface area contributed by atoms with Crippen LogP contribution in [0.2, 0.25) is 0 Å². The van der Waals surface area contributed by atoms with Crippen LogP contribution < -0.4 is 11.1 Å². The normalized spacial score (nSPS) is 9.50. The van der Waals surface area contributed by atoms with Crippen molar-refractivity contribution in [3.8, 4) is 0 Å². The third-order valence-electron chi connectivity index (χ3n) is 1.81. The average Bonchev–Trinajstić information content (AvgIpc) is 2.26. The topological polar surface area (TPSA) is 109 Å². The van der Waals surface area contributed by atoms with Crippen molar-refractivity contribution in [2.75, 3.05) is 6.54 Å². The van der Waals surface area contributed by atoms with Gasteiger partial charge in [0.1, 0.15) is 6.54 Å². The minimum atomic E-state index is -1.14. The molecule has 84 valence electrons. The van der Waals surface area contributed by atoms with Gasteiger partial charge in [0.05, 0.1) is 0 Å². The number of nitrogens with two attached hydrogens (primary N) is 1. The van der Waals surface area contributed by atoms with Gasteiger partial charge in [-0.05, 0) is 18.2 Å². The highest BCUT2D eigenvalue weighted by molar-refractivity contribution is 5.99. The quantitative estimate of drug-likeness (QED) is 0.643. The number of amides is 2. The monoisotopic (exact) mass is 222 g/mol. The molecule has 0 fully saturated rings. The first kappa shape index (κ1) is 11.7. The summed E-state index contributed by atoms with van der Waals surface area (Å²) in [4.78, 5) is 32.5. The van der Waals surface area contributed by atoms with Gasteiger partial charge in [-0.15, -0.1) is 0 Å². The summed E-state index contributed by atoms with van der Waals surface area (Å²) in [6.07, 6.45) is 0. The number of hydrogen-bond donors (Lipinski definition) is 3. The highest BCUT2D eigenvalue weighted by Gasteiger charge is 2.09. The van der Waals surface area contributed by atoms with Gasteiger partial charge in [-0.25, -0.2) is 0 Å². The van der Waals surface area contributed by atoms with Crippen molar-refractivity contribution >= 4 is 17.8 Å². The highest BCUT2D eigenvalue weighted by atomic mass is 16.4. The van der Waals surface area contributed by atoms with E-state index in [1.54, 1.807) is 0 Å². The first-order valence-corrected chi connectivity index (χ1v) is 4.40. The van der Waals surface area contributed by atoms with Gasteiger partial charge in [-0.1, -0.05) is 6.07 Å². The summed E-state index contributed by atoms with van der Waals surface area (Å²) in [7, 11) is 0. The summed E-state index contributed by atoms with van der Waals surface area (Å²) in [6, 6.07) is 5.73. The molecule has 0 aliphatic carbocycles. The molecule has 1 rings (SSSR count). The Bertz CT molecular complexity index is 442. The lowest BCUT2D eigenvalue weighted by molar-refractivity contribution is -0.135. The molecular weight excluding hydrogens is 212 g/mol. The third-order valence-corrected chi connectivity index (χ3v) is 1.81. The maximum Gasteiger partial charge on any atom is 0.322 e. The molecule has 6 nitrogen and oxygen atoms in total. The lowest BCUT2D eigenvalue weighted by atomic mass is 10.1. The second kappa shape index (κ2) is 4.92. The zero-order valence-electron chi connectivity index (χ0n) is 8.27. The smallest absolute Gasteiger partial charge is 0.322 e. The Morgan fingerprint density at radius 3 is 2.44 bits per heavy atom. The van der Waals surface area contributed by atoms with Gasteiger partial charge in [0.25, 0.3) is 5.91 Å². The number of rotatable bonds is 4. The van der Waals surface area contributed by atoms with Crippen LogP contribution in [0.3, 0.4) is 0 Å². The summed E-state index contributed by atoms with van der Waals surface area (Å²) in [5, 5.41) is 10.5. The third kappa shape index (κ3) is 3.09. The van der Waals surface area contributed by atoms with E-state index in [0.717, 1.165) is 0 Å². The van der Waals surface area contributed by atoms with Gasteiger partial charge < -0.3 is 16.2 Å². The van der Waals surface area contributed by atoms with Gasteiger partial charge in [-0.2, -0.15) is 0 Å². The van der Waals surface area contributed by atoms with E-state index >= 15 is 0 Å². The zero-order chi connectivity index (χ0) is 12.1. The summed E-state index contributed by atoms with van der Waals surface area (Å²) in [6.45, 7) is -0.473. The molecule has 0 atom stereocenters. The Balaban J connectivity index is 2.79. The lowest BCUT2D eigenvalue weighted by Gasteiger charge is -2.03. The molecule has 2 amide bonds. The molecule has 16 heavy (non-hydrogen) atoms. The molecule has 0 aliphatic rings. The predicted molar refractivity (Wildman–Crippen MR) is 54.9 cm³/mol. The maximum atomic E-state index is 11.4. The fourth-order valence-corrected chi connectivity index (χ4v) is 1.07. The Morgan fingerprint density at radius 1 is 1.25 bits per heavy atom.